The summed E-state index contributed by atoms with van der Waals surface area (Å²) < 4.78 is 4.95. The van der Waals surface area contributed by atoms with Crippen LogP contribution >= 0.6 is 0 Å². The predicted octanol–water partition coefficient (Wildman–Crippen LogP) is 16.4. The van der Waals surface area contributed by atoms with Crippen molar-refractivity contribution in [1.29, 1.82) is 0 Å². The van der Waals surface area contributed by atoms with Crippen molar-refractivity contribution in [3.05, 3.63) is 206 Å². The van der Waals surface area contributed by atoms with Crippen LogP contribution in [0, 0.1) is 0 Å². The Kier molecular flexibility index (Phi) is 6.18. The van der Waals surface area contributed by atoms with Gasteiger partial charge in [0.25, 0.3) is 0 Å². The number of hydrogen-bond donors (Lipinski definition) is 0. The largest absolute Gasteiger partial charge is 0.308 e. The van der Waals surface area contributed by atoms with Crippen molar-refractivity contribution in [3.63, 3.8) is 0 Å². The molecule has 0 spiro atoms. The summed E-state index contributed by atoms with van der Waals surface area (Å²) in [6.07, 6.45) is 0. The smallest absolute Gasteiger partial charge is 0.0620 e. The summed E-state index contributed by atoms with van der Waals surface area (Å²) in [5.41, 5.74) is 15.0. The summed E-state index contributed by atoms with van der Waals surface area (Å²) in [6, 6.07) is 77.3. The van der Waals surface area contributed by atoms with Crippen molar-refractivity contribution >= 4 is 109 Å². The second kappa shape index (κ2) is 11.8. The zero-order chi connectivity index (χ0) is 40.2. The first-order valence-electron chi connectivity index (χ1n) is 21.6. The lowest BCUT2D eigenvalue weighted by molar-refractivity contribution is 1.37. The third-order valence-electron chi connectivity index (χ3n) is 14.1. The summed E-state index contributed by atoms with van der Waals surface area (Å²) >= 11 is 0. The average Bonchev–Trinajstić information content (AvgIpc) is 4.07. The van der Waals surface area contributed by atoms with Gasteiger partial charge in [-0.1, -0.05) is 146 Å². The van der Waals surface area contributed by atoms with Gasteiger partial charge in [0.15, 0.2) is 0 Å². The highest BCUT2D eigenvalue weighted by molar-refractivity contribution is 6.27. The minimum atomic E-state index is 1.22. The molecule has 62 heavy (non-hydrogen) atoms. The van der Waals surface area contributed by atoms with E-state index in [9.17, 15) is 0 Å². The molecule has 2 nitrogen and oxygen atoms in total. The van der Waals surface area contributed by atoms with Gasteiger partial charge in [0, 0.05) is 43.1 Å². The molecular formula is C60H34N2. The van der Waals surface area contributed by atoms with E-state index in [1.54, 1.807) is 0 Å². The fourth-order valence-electron chi connectivity index (χ4n) is 11.4. The zero-order valence-corrected chi connectivity index (χ0v) is 33.5. The van der Waals surface area contributed by atoms with Crippen LogP contribution in [0.3, 0.4) is 0 Å². The summed E-state index contributed by atoms with van der Waals surface area (Å²) in [5.74, 6) is 0. The Balaban J connectivity index is 0.918. The topological polar surface area (TPSA) is 8.82 Å². The van der Waals surface area contributed by atoms with Crippen LogP contribution in [0.1, 0.15) is 0 Å². The Morgan fingerprint density at radius 2 is 0.516 bits per heavy atom. The number of hydrogen-bond acceptors (Lipinski definition) is 0. The first kappa shape index (κ1) is 32.6. The molecule has 2 heteroatoms. The lowest BCUT2D eigenvalue weighted by Crippen LogP contribution is -1.86. The molecule has 15 rings (SSSR count). The molecule has 4 heterocycles. The van der Waals surface area contributed by atoms with Crippen LogP contribution in [0.25, 0.3) is 142 Å². The van der Waals surface area contributed by atoms with Gasteiger partial charge < -0.3 is 8.80 Å². The van der Waals surface area contributed by atoms with Gasteiger partial charge in [-0.05, 0) is 126 Å². The van der Waals surface area contributed by atoms with Gasteiger partial charge in [-0.15, -0.1) is 0 Å². The quantitative estimate of drug-likeness (QED) is 0.158. The molecule has 0 N–H and O–H groups in total. The lowest BCUT2D eigenvalue weighted by atomic mass is 9.91. The molecule has 0 saturated heterocycles. The first-order valence-corrected chi connectivity index (χ1v) is 21.6. The van der Waals surface area contributed by atoms with Crippen LogP contribution in [0.15, 0.2) is 206 Å². The van der Waals surface area contributed by atoms with E-state index in [2.05, 4.69) is 215 Å². The van der Waals surface area contributed by atoms with E-state index in [0.29, 0.717) is 0 Å². The molecule has 0 aliphatic heterocycles. The van der Waals surface area contributed by atoms with E-state index in [1.165, 1.54) is 142 Å². The molecule has 0 atom stereocenters. The molecule has 0 saturated carbocycles. The standard InChI is InChI=1S/C60H34N2/c1-2-15-43-41(13-1)42-14-3-4-16-44(42)50-30-37(23-26-45(43)50)35-11-9-12-36(29-35)40-33-53-47-18-6-8-22-56(47)62-58-28-25-39(32-52(58)54(34-40)60(53)62)38-24-27-57-51(31-38)49-20-10-19-48-46-17-5-7-21-55(46)61(57)59(48)49/h1-34H. The fourth-order valence-corrected chi connectivity index (χ4v) is 11.4. The van der Waals surface area contributed by atoms with Crippen LogP contribution < -0.4 is 0 Å². The van der Waals surface area contributed by atoms with Crippen molar-refractivity contribution in [2.75, 3.05) is 0 Å². The molecular weight excluding hydrogens is 749 g/mol. The van der Waals surface area contributed by atoms with Crippen LogP contribution in [0.4, 0.5) is 0 Å². The van der Waals surface area contributed by atoms with Gasteiger partial charge in [0.05, 0.1) is 33.1 Å². The van der Waals surface area contributed by atoms with Gasteiger partial charge in [0.1, 0.15) is 0 Å². The van der Waals surface area contributed by atoms with E-state index in [1.807, 2.05) is 0 Å². The van der Waals surface area contributed by atoms with E-state index in [-0.39, 0.29) is 0 Å². The van der Waals surface area contributed by atoms with E-state index < -0.39 is 0 Å². The van der Waals surface area contributed by atoms with Gasteiger partial charge in [-0.3, -0.25) is 0 Å². The second-order valence-electron chi connectivity index (χ2n) is 17.2. The van der Waals surface area contributed by atoms with Crippen LogP contribution in [0.2, 0.25) is 0 Å². The lowest BCUT2D eigenvalue weighted by Gasteiger charge is -2.13. The SMILES string of the molecule is c1cc(-c2ccc3c4ccccc4c4ccccc4c3c2)cc(-c2cc3c4ccccc4n4c5ccc(-c6ccc7c(c6)c6cccc8c9ccccc9n7c86)cc5c(c2)c34)c1. The molecule has 0 fully saturated rings. The predicted molar refractivity (Wildman–Crippen MR) is 265 cm³/mol. The third kappa shape index (κ3) is 4.18. The third-order valence-corrected chi connectivity index (χ3v) is 14.1. The Morgan fingerprint density at radius 3 is 1.13 bits per heavy atom. The molecule has 11 aromatic carbocycles. The molecule has 0 amide bonds. The normalized spacial score (nSPS) is 12.5. The van der Waals surface area contributed by atoms with Gasteiger partial charge in [-0.2, -0.15) is 0 Å². The van der Waals surface area contributed by atoms with Crippen LogP contribution in [-0.4, -0.2) is 8.80 Å². The fraction of sp³-hybridized carbons (Fsp3) is 0. The molecule has 15 aromatic rings. The molecule has 0 radical (unpaired) electrons. The zero-order valence-electron chi connectivity index (χ0n) is 33.5. The highest BCUT2D eigenvalue weighted by Crippen LogP contribution is 2.45. The van der Waals surface area contributed by atoms with Crippen molar-refractivity contribution in [2.24, 2.45) is 0 Å². The summed E-state index contributed by atoms with van der Waals surface area (Å²) in [7, 11) is 0. The maximum absolute atomic E-state index is 2.49. The minimum absolute atomic E-state index is 1.22. The number of rotatable bonds is 3. The number of benzene rings is 11. The Labute approximate surface area is 355 Å². The summed E-state index contributed by atoms with van der Waals surface area (Å²) in [5, 5.41) is 18.2. The molecule has 4 aromatic heterocycles. The highest BCUT2D eigenvalue weighted by atomic mass is 14.9. The maximum atomic E-state index is 2.49. The first-order chi connectivity index (χ1) is 30.7. The van der Waals surface area contributed by atoms with E-state index >= 15 is 0 Å². The Morgan fingerprint density at radius 1 is 0.177 bits per heavy atom. The van der Waals surface area contributed by atoms with E-state index in [0.717, 1.165) is 0 Å². The summed E-state index contributed by atoms with van der Waals surface area (Å²) in [4.78, 5) is 0. The molecule has 0 aliphatic rings. The van der Waals surface area contributed by atoms with E-state index in [4.69, 9.17) is 0 Å². The van der Waals surface area contributed by atoms with Crippen molar-refractivity contribution in [1.82, 2.24) is 8.80 Å². The van der Waals surface area contributed by atoms with Crippen molar-refractivity contribution in [3.8, 4) is 33.4 Å². The molecule has 0 bridgehead atoms. The van der Waals surface area contributed by atoms with Crippen molar-refractivity contribution < 1.29 is 0 Å². The number of aromatic nitrogens is 2. The Bertz CT molecular complexity index is 4350. The van der Waals surface area contributed by atoms with Crippen molar-refractivity contribution in [2.45, 2.75) is 0 Å². The molecule has 0 unspecified atom stereocenters. The number of nitrogens with zero attached hydrogens (tertiary/aromatic N) is 2. The Hall–Kier alpha value is -8.20. The second-order valence-corrected chi connectivity index (χ2v) is 17.2. The molecule has 0 aliphatic carbocycles. The maximum Gasteiger partial charge on any atom is 0.0620 e. The summed E-state index contributed by atoms with van der Waals surface area (Å²) in [6.45, 7) is 0. The monoisotopic (exact) mass is 782 g/mol. The van der Waals surface area contributed by atoms with Gasteiger partial charge >= 0.3 is 0 Å². The molecule has 284 valence electrons. The van der Waals surface area contributed by atoms with Crippen LogP contribution in [0.5, 0.6) is 0 Å². The number of para-hydroxylation sites is 3. The minimum Gasteiger partial charge on any atom is -0.308 e. The average molecular weight is 783 g/mol. The number of fused-ring (bicyclic) bond motifs is 18. The van der Waals surface area contributed by atoms with Gasteiger partial charge in [0.2, 0.25) is 0 Å². The van der Waals surface area contributed by atoms with Gasteiger partial charge in [-0.25, -0.2) is 0 Å². The van der Waals surface area contributed by atoms with Crippen LogP contribution in [-0.2, 0) is 0 Å². The highest BCUT2D eigenvalue weighted by Gasteiger charge is 2.21.